The van der Waals surface area contributed by atoms with Crippen molar-refractivity contribution in [2.45, 2.75) is 6.18 Å². The van der Waals surface area contributed by atoms with Gasteiger partial charge in [0.25, 0.3) is 0 Å². The third-order valence-electron chi connectivity index (χ3n) is 1.76. The van der Waals surface area contributed by atoms with Crippen molar-refractivity contribution in [3.05, 3.63) is 41.0 Å². The van der Waals surface area contributed by atoms with Gasteiger partial charge in [0.05, 0.1) is 23.3 Å². The van der Waals surface area contributed by atoms with Crippen molar-refractivity contribution in [1.29, 1.82) is 10.5 Å². The third-order valence-corrected chi connectivity index (χ3v) is 1.76. The smallest absolute Gasteiger partial charge is 0.193 e. The molecule has 0 fully saturated rings. The molecule has 0 aliphatic carbocycles. The maximum Gasteiger partial charge on any atom is 0.416 e. The second-order valence-electron chi connectivity index (χ2n) is 2.92. The molecule has 80 valence electrons. The molecule has 5 heteroatoms. The van der Waals surface area contributed by atoms with Gasteiger partial charge in [-0.25, -0.2) is 0 Å². The van der Waals surface area contributed by atoms with Crippen molar-refractivity contribution >= 4 is 6.08 Å². The number of rotatable bonds is 1. The molecule has 1 aromatic rings. The summed E-state index contributed by atoms with van der Waals surface area (Å²) in [5.74, 6) is 0. The van der Waals surface area contributed by atoms with Crippen LogP contribution in [-0.2, 0) is 6.18 Å². The summed E-state index contributed by atoms with van der Waals surface area (Å²) >= 11 is 0. The van der Waals surface area contributed by atoms with Crippen LogP contribution in [0.3, 0.4) is 0 Å². The van der Waals surface area contributed by atoms with Gasteiger partial charge in [0, 0.05) is 6.08 Å². The summed E-state index contributed by atoms with van der Waals surface area (Å²) in [6.07, 6.45) is -2.23. The summed E-state index contributed by atoms with van der Waals surface area (Å²) in [5.41, 5.74) is -0.815. The van der Waals surface area contributed by atoms with Crippen molar-refractivity contribution in [3.63, 3.8) is 0 Å². The first kappa shape index (κ1) is 11.8. The molecule has 0 bridgehead atoms. The topological polar surface area (TPSA) is 47.6 Å². The summed E-state index contributed by atoms with van der Waals surface area (Å²) in [5, 5.41) is 16.8. The maximum absolute atomic E-state index is 12.4. The van der Waals surface area contributed by atoms with E-state index in [4.69, 9.17) is 10.5 Å². The zero-order chi connectivity index (χ0) is 12.2. The molecule has 1 rings (SSSR count). The van der Waals surface area contributed by atoms with Gasteiger partial charge in [-0.2, -0.15) is 23.7 Å². The first-order valence-electron chi connectivity index (χ1n) is 4.16. The number of alkyl halides is 3. The van der Waals surface area contributed by atoms with Crippen LogP contribution in [0.15, 0.2) is 24.3 Å². The van der Waals surface area contributed by atoms with E-state index in [1.807, 2.05) is 0 Å². The highest BCUT2D eigenvalue weighted by atomic mass is 19.4. The van der Waals surface area contributed by atoms with Gasteiger partial charge in [0.1, 0.15) is 0 Å². The normalized spacial score (nSPS) is 11.1. The summed E-state index contributed by atoms with van der Waals surface area (Å²) in [6.45, 7) is 0. The first-order chi connectivity index (χ1) is 7.47. The molecule has 0 N–H and O–H groups in total. The predicted molar refractivity (Wildman–Crippen MR) is 50.8 cm³/mol. The van der Waals surface area contributed by atoms with E-state index >= 15 is 0 Å². The summed E-state index contributed by atoms with van der Waals surface area (Å²) < 4.78 is 37.2. The van der Waals surface area contributed by atoms with Crippen LogP contribution in [0.1, 0.15) is 16.7 Å². The monoisotopic (exact) mass is 222 g/mol. The molecule has 0 saturated heterocycles. The van der Waals surface area contributed by atoms with E-state index < -0.39 is 11.7 Å². The standard InChI is InChI=1S/C11H5F3N2/c12-11(13,14)10-5-8(2-1-3-15)4-9(6-10)7-16/h1-2,4-6H. The Kier molecular flexibility index (Phi) is 3.32. The minimum atomic E-state index is -4.50. The lowest BCUT2D eigenvalue weighted by molar-refractivity contribution is -0.137. The van der Waals surface area contributed by atoms with Crippen LogP contribution in [-0.4, -0.2) is 0 Å². The molecule has 0 radical (unpaired) electrons. The molecule has 0 aromatic heterocycles. The van der Waals surface area contributed by atoms with Crippen molar-refractivity contribution in [2.75, 3.05) is 0 Å². The van der Waals surface area contributed by atoms with E-state index in [0.29, 0.717) is 0 Å². The fraction of sp³-hybridized carbons (Fsp3) is 0.0909. The highest BCUT2D eigenvalue weighted by Crippen LogP contribution is 2.30. The van der Waals surface area contributed by atoms with E-state index in [0.717, 1.165) is 18.2 Å². The van der Waals surface area contributed by atoms with E-state index in [1.54, 1.807) is 12.1 Å². The lowest BCUT2D eigenvalue weighted by Gasteiger charge is -2.07. The van der Waals surface area contributed by atoms with Crippen LogP contribution in [0, 0.1) is 22.7 Å². The zero-order valence-electron chi connectivity index (χ0n) is 7.92. The number of halogens is 3. The van der Waals surface area contributed by atoms with Gasteiger partial charge in [-0.1, -0.05) is 0 Å². The third kappa shape index (κ3) is 2.86. The summed E-state index contributed by atoms with van der Waals surface area (Å²) in [7, 11) is 0. The number of nitriles is 2. The second-order valence-corrected chi connectivity index (χ2v) is 2.92. The maximum atomic E-state index is 12.4. The average Bonchev–Trinajstić information content (AvgIpc) is 2.24. The molecule has 0 saturated carbocycles. The molecule has 0 aliphatic heterocycles. The van der Waals surface area contributed by atoms with Gasteiger partial charge in [-0.05, 0) is 29.8 Å². The van der Waals surface area contributed by atoms with Gasteiger partial charge >= 0.3 is 6.18 Å². The fourth-order valence-electron chi connectivity index (χ4n) is 1.11. The number of hydrogen-bond acceptors (Lipinski definition) is 2. The van der Waals surface area contributed by atoms with E-state index in [-0.39, 0.29) is 11.1 Å². The molecule has 0 heterocycles. The Hall–Kier alpha value is -2.27. The minimum Gasteiger partial charge on any atom is -0.193 e. The van der Waals surface area contributed by atoms with Crippen LogP contribution < -0.4 is 0 Å². The predicted octanol–water partition coefficient (Wildman–Crippen LogP) is 3.11. The highest BCUT2D eigenvalue weighted by Gasteiger charge is 2.30. The van der Waals surface area contributed by atoms with E-state index in [9.17, 15) is 13.2 Å². The number of benzene rings is 1. The lowest BCUT2D eigenvalue weighted by atomic mass is 10.1. The quantitative estimate of drug-likeness (QED) is 0.685. The molecule has 0 atom stereocenters. The summed E-state index contributed by atoms with van der Waals surface area (Å²) in [4.78, 5) is 0. The number of hydrogen-bond donors (Lipinski definition) is 0. The molecular formula is C11H5F3N2. The van der Waals surface area contributed by atoms with Crippen LogP contribution in [0.5, 0.6) is 0 Å². The SMILES string of the molecule is N#CC=Cc1cc(C#N)cc(C(F)(F)F)c1. The van der Waals surface area contributed by atoms with Gasteiger partial charge in [0.15, 0.2) is 0 Å². The number of allylic oxidation sites excluding steroid dienone is 1. The number of nitrogens with zero attached hydrogens (tertiary/aromatic N) is 2. The Morgan fingerprint density at radius 1 is 1.12 bits per heavy atom. The van der Waals surface area contributed by atoms with Gasteiger partial charge < -0.3 is 0 Å². The van der Waals surface area contributed by atoms with Gasteiger partial charge in [-0.15, -0.1) is 0 Å². The molecule has 0 aliphatic rings. The molecule has 0 spiro atoms. The van der Waals surface area contributed by atoms with Crippen molar-refractivity contribution in [1.82, 2.24) is 0 Å². The van der Waals surface area contributed by atoms with Gasteiger partial charge in [0.2, 0.25) is 0 Å². The van der Waals surface area contributed by atoms with E-state index in [1.165, 1.54) is 12.1 Å². The Balaban J connectivity index is 3.29. The molecule has 16 heavy (non-hydrogen) atoms. The molecule has 1 aromatic carbocycles. The Morgan fingerprint density at radius 2 is 1.81 bits per heavy atom. The van der Waals surface area contributed by atoms with Crippen LogP contribution >= 0.6 is 0 Å². The lowest BCUT2D eigenvalue weighted by Crippen LogP contribution is -2.05. The fourth-order valence-corrected chi connectivity index (χ4v) is 1.11. The zero-order valence-corrected chi connectivity index (χ0v) is 7.92. The van der Waals surface area contributed by atoms with Crippen molar-refractivity contribution in [3.8, 4) is 12.1 Å². The first-order valence-corrected chi connectivity index (χ1v) is 4.16. The van der Waals surface area contributed by atoms with Crippen molar-refractivity contribution < 1.29 is 13.2 Å². The van der Waals surface area contributed by atoms with Crippen LogP contribution in [0.25, 0.3) is 6.08 Å². The van der Waals surface area contributed by atoms with Crippen LogP contribution in [0.2, 0.25) is 0 Å². The average molecular weight is 222 g/mol. The molecule has 0 unspecified atom stereocenters. The molecule has 0 amide bonds. The summed E-state index contributed by atoms with van der Waals surface area (Å²) in [6, 6.07) is 6.24. The van der Waals surface area contributed by atoms with E-state index in [2.05, 4.69) is 0 Å². The molecular weight excluding hydrogens is 217 g/mol. The van der Waals surface area contributed by atoms with Crippen LogP contribution in [0.4, 0.5) is 13.2 Å². The molecule has 2 nitrogen and oxygen atoms in total. The highest BCUT2D eigenvalue weighted by molar-refractivity contribution is 5.56. The largest absolute Gasteiger partial charge is 0.416 e. The van der Waals surface area contributed by atoms with Gasteiger partial charge in [-0.3, -0.25) is 0 Å². The second kappa shape index (κ2) is 4.50. The Bertz CT molecular complexity index is 501. The van der Waals surface area contributed by atoms with Crippen molar-refractivity contribution in [2.24, 2.45) is 0 Å². The Morgan fingerprint density at radius 3 is 2.31 bits per heavy atom. The minimum absolute atomic E-state index is 0.0904. The Labute approximate surface area is 89.8 Å².